The predicted octanol–water partition coefficient (Wildman–Crippen LogP) is 0.630. The summed E-state index contributed by atoms with van der Waals surface area (Å²) in [7, 11) is 0. The molecule has 0 aromatic carbocycles. The molecule has 0 radical (unpaired) electrons. The molecule has 34 valence electrons. The van der Waals surface area contributed by atoms with Gasteiger partial charge < -0.3 is 0 Å². The Morgan fingerprint density at radius 2 is 2.71 bits per heavy atom. The summed E-state index contributed by atoms with van der Waals surface area (Å²) < 4.78 is 0. The van der Waals surface area contributed by atoms with Crippen molar-refractivity contribution < 1.29 is 0 Å². The molecule has 0 saturated heterocycles. The molecule has 1 rings (SSSR count). The topological polar surface area (TPSA) is 12.4 Å². The summed E-state index contributed by atoms with van der Waals surface area (Å²) in [6, 6.07) is 0. The molecule has 1 nitrogen and oxygen atoms in total. The molecule has 1 aliphatic rings. The van der Waals surface area contributed by atoms with Crippen LogP contribution in [-0.2, 0) is 0 Å². The van der Waals surface area contributed by atoms with Gasteiger partial charge in [-0.15, -0.1) is 6.42 Å². The Labute approximate surface area is 42.8 Å². The van der Waals surface area contributed by atoms with Gasteiger partial charge in [-0.2, -0.15) is 0 Å². The third kappa shape index (κ3) is 0.690. The van der Waals surface area contributed by atoms with Crippen molar-refractivity contribution in [2.75, 3.05) is 6.54 Å². The summed E-state index contributed by atoms with van der Waals surface area (Å²) >= 11 is 0. The number of nitrogens with zero attached hydrogens (tertiary/aromatic N) is 1. The Bertz CT molecular complexity index is 158. The highest BCUT2D eigenvalue weighted by atomic mass is 14.7. The first kappa shape index (κ1) is 4.14. The van der Waals surface area contributed by atoms with Gasteiger partial charge in [0.05, 0.1) is 6.54 Å². The van der Waals surface area contributed by atoms with Crippen molar-refractivity contribution in [2.45, 2.75) is 0 Å². The van der Waals surface area contributed by atoms with E-state index < -0.39 is 0 Å². The summed E-state index contributed by atoms with van der Waals surface area (Å²) in [4.78, 5) is 3.88. The molecule has 1 heteroatoms. The maximum absolute atomic E-state index is 5.02. The van der Waals surface area contributed by atoms with Crippen molar-refractivity contribution in [3.63, 3.8) is 0 Å². The summed E-state index contributed by atoms with van der Waals surface area (Å²) in [5.41, 5.74) is 0.903. The molecule has 0 saturated carbocycles. The lowest BCUT2D eigenvalue weighted by Crippen LogP contribution is -1.68. The van der Waals surface area contributed by atoms with Crippen LogP contribution >= 0.6 is 0 Å². The number of allylic oxidation sites excluding steroid dienone is 1. The van der Waals surface area contributed by atoms with Crippen LogP contribution in [0.2, 0.25) is 0 Å². The van der Waals surface area contributed by atoms with Crippen molar-refractivity contribution in [3.05, 3.63) is 11.6 Å². The zero-order valence-corrected chi connectivity index (χ0v) is 3.89. The van der Waals surface area contributed by atoms with E-state index in [0.717, 1.165) is 12.1 Å². The Kier molecular flexibility index (Phi) is 0.953. The van der Waals surface area contributed by atoms with Gasteiger partial charge in [-0.05, 0) is 6.08 Å². The van der Waals surface area contributed by atoms with E-state index in [2.05, 4.69) is 10.9 Å². The lowest BCUT2D eigenvalue weighted by atomic mass is 10.3. The van der Waals surface area contributed by atoms with Gasteiger partial charge in [0.2, 0.25) is 0 Å². The smallest absolute Gasteiger partial charge is 0.0586 e. The average Bonchev–Trinajstić information content (AvgIpc) is 2.14. The van der Waals surface area contributed by atoms with Crippen LogP contribution in [0.3, 0.4) is 0 Å². The average molecular weight is 91.1 g/mol. The van der Waals surface area contributed by atoms with Crippen molar-refractivity contribution in [1.29, 1.82) is 0 Å². The predicted molar refractivity (Wildman–Crippen MR) is 30.3 cm³/mol. The minimum atomic E-state index is 0.763. The first-order chi connectivity index (χ1) is 3.43. The Hall–Kier alpha value is -1.03. The van der Waals surface area contributed by atoms with Crippen LogP contribution in [-0.4, -0.2) is 12.8 Å². The highest BCUT2D eigenvalue weighted by Gasteiger charge is 1.89. The van der Waals surface area contributed by atoms with Crippen LogP contribution < -0.4 is 0 Å². The normalized spacial score (nSPS) is 16.1. The standard InChI is InChI=1S/C6H5N/c1-2-6-3-4-7-5-6/h1,3,5H,4H2. The minimum Gasteiger partial charge on any atom is -0.288 e. The molecular weight excluding hydrogens is 86.1 g/mol. The molecule has 0 spiro atoms. The molecule has 1 aliphatic heterocycles. The zero-order chi connectivity index (χ0) is 5.11. The number of hydrogen-bond acceptors (Lipinski definition) is 1. The second kappa shape index (κ2) is 1.61. The molecule has 0 N–H and O–H groups in total. The Balaban J connectivity index is 2.75. The van der Waals surface area contributed by atoms with Crippen LogP contribution in [0, 0.1) is 12.3 Å². The molecular formula is C6H5N. The van der Waals surface area contributed by atoms with E-state index in [4.69, 9.17) is 6.42 Å². The van der Waals surface area contributed by atoms with E-state index in [-0.39, 0.29) is 0 Å². The Morgan fingerprint density at radius 3 is 3.00 bits per heavy atom. The SMILES string of the molecule is C#CC1=CCN=C1. The summed E-state index contributed by atoms with van der Waals surface area (Å²) in [5, 5.41) is 0. The molecule has 0 aliphatic carbocycles. The van der Waals surface area contributed by atoms with E-state index in [1.54, 1.807) is 6.21 Å². The van der Waals surface area contributed by atoms with Crippen LogP contribution in [0.15, 0.2) is 16.6 Å². The molecule has 0 atom stereocenters. The molecule has 0 bridgehead atoms. The van der Waals surface area contributed by atoms with Gasteiger partial charge in [-0.1, -0.05) is 5.92 Å². The van der Waals surface area contributed by atoms with Crippen LogP contribution in [0.5, 0.6) is 0 Å². The van der Waals surface area contributed by atoms with Gasteiger partial charge in [0.1, 0.15) is 0 Å². The molecule has 0 aromatic rings. The van der Waals surface area contributed by atoms with Gasteiger partial charge in [-0.3, -0.25) is 4.99 Å². The van der Waals surface area contributed by atoms with Crippen molar-refractivity contribution in [2.24, 2.45) is 4.99 Å². The van der Waals surface area contributed by atoms with Crippen LogP contribution in [0.25, 0.3) is 0 Å². The fourth-order valence-electron chi connectivity index (χ4n) is 0.451. The minimum absolute atomic E-state index is 0.763. The zero-order valence-electron chi connectivity index (χ0n) is 3.89. The third-order valence-corrected chi connectivity index (χ3v) is 0.814. The molecule has 7 heavy (non-hydrogen) atoms. The van der Waals surface area contributed by atoms with Crippen LogP contribution in [0.4, 0.5) is 0 Å². The van der Waals surface area contributed by atoms with Crippen LogP contribution in [0.1, 0.15) is 0 Å². The lowest BCUT2D eigenvalue weighted by molar-refractivity contribution is 1.29. The number of aliphatic imine (C=N–C) groups is 1. The number of hydrogen-bond donors (Lipinski definition) is 0. The number of terminal acetylenes is 1. The first-order valence-electron chi connectivity index (χ1n) is 2.10. The molecule has 0 amide bonds. The van der Waals surface area contributed by atoms with Gasteiger partial charge in [0.25, 0.3) is 0 Å². The highest BCUT2D eigenvalue weighted by Crippen LogP contribution is 1.93. The second-order valence-corrected chi connectivity index (χ2v) is 1.30. The van der Waals surface area contributed by atoms with Crippen molar-refractivity contribution in [1.82, 2.24) is 0 Å². The fraction of sp³-hybridized carbons (Fsp3) is 0.167. The summed E-state index contributed by atoms with van der Waals surface area (Å²) in [6.07, 6.45) is 8.65. The van der Waals surface area contributed by atoms with E-state index in [1.165, 1.54) is 0 Å². The van der Waals surface area contributed by atoms with E-state index in [1.807, 2.05) is 6.08 Å². The molecule has 0 fully saturated rings. The third-order valence-electron chi connectivity index (χ3n) is 0.814. The molecule has 0 aromatic heterocycles. The lowest BCUT2D eigenvalue weighted by Gasteiger charge is -1.70. The fourth-order valence-corrected chi connectivity index (χ4v) is 0.451. The Morgan fingerprint density at radius 1 is 1.86 bits per heavy atom. The first-order valence-corrected chi connectivity index (χ1v) is 2.10. The largest absolute Gasteiger partial charge is 0.288 e. The highest BCUT2D eigenvalue weighted by molar-refractivity contribution is 5.86. The summed E-state index contributed by atoms with van der Waals surface area (Å²) in [5.74, 6) is 2.48. The van der Waals surface area contributed by atoms with Crippen molar-refractivity contribution in [3.8, 4) is 12.3 Å². The summed E-state index contributed by atoms with van der Waals surface area (Å²) in [6.45, 7) is 0.763. The van der Waals surface area contributed by atoms with E-state index in [0.29, 0.717) is 0 Å². The van der Waals surface area contributed by atoms with E-state index in [9.17, 15) is 0 Å². The maximum Gasteiger partial charge on any atom is 0.0586 e. The van der Waals surface area contributed by atoms with E-state index >= 15 is 0 Å². The van der Waals surface area contributed by atoms with Gasteiger partial charge in [-0.25, -0.2) is 0 Å². The quantitative estimate of drug-likeness (QED) is 0.388. The number of rotatable bonds is 0. The van der Waals surface area contributed by atoms with Gasteiger partial charge >= 0.3 is 0 Å². The molecule has 0 unspecified atom stereocenters. The van der Waals surface area contributed by atoms with Crippen molar-refractivity contribution >= 4 is 6.21 Å². The maximum atomic E-state index is 5.02. The van der Waals surface area contributed by atoms with Gasteiger partial charge in [0.15, 0.2) is 0 Å². The monoisotopic (exact) mass is 91.0 g/mol. The molecule has 1 heterocycles. The van der Waals surface area contributed by atoms with Gasteiger partial charge in [0, 0.05) is 11.8 Å². The second-order valence-electron chi connectivity index (χ2n) is 1.30.